The Kier molecular flexibility index (Phi) is 7.25. The number of aryl methyl sites for hydroxylation is 1. The first-order valence-electron chi connectivity index (χ1n) is 13.0. The molecule has 0 radical (unpaired) electrons. The molecule has 2 aliphatic heterocycles. The van der Waals surface area contributed by atoms with Crippen LogP contribution >= 0.6 is 23.2 Å². The Morgan fingerprint density at radius 3 is 2.71 bits per heavy atom. The van der Waals surface area contributed by atoms with Crippen molar-refractivity contribution in [1.82, 2.24) is 24.6 Å². The fourth-order valence-corrected chi connectivity index (χ4v) is 6.80. The first-order valence-corrected chi connectivity index (χ1v) is 13.7. The van der Waals surface area contributed by atoms with Crippen molar-refractivity contribution in [2.24, 2.45) is 17.8 Å². The fraction of sp³-hybridized carbons (Fsp3) is 0.593. The molecule has 0 spiro atoms. The lowest BCUT2D eigenvalue weighted by molar-refractivity contribution is 0.100. The van der Waals surface area contributed by atoms with E-state index < -0.39 is 0 Å². The zero-order chi connectivity index (χ0) is 24.7. The molecule has 6 nitrogen and oxygen atoms in total. The van der Waals surface area contributed by atoms with Gasteiger partial charge in [-0.2, -0.15) is 5.10 Å². The number of fused-ring (bicyclic) bond motifs is 1. The predicted octanol–water partition coefficient (Wildman–Crippen LogP) is 6.25. The van der Waals surface area contributed by atoms with E-state index in [2.05, 4.69) is 30.6 Å². The van der Waals surface area contributed by atoms with Crippen LogP contribution < -0.4 is 4.90 Å². The van der Waals surface area contributed by atoms with E-state index in [1.54, 1.807) is 6.07 Å². The van der Waals surface area contributed by atoms with Crippen LogP contribution in [0, 0.1) is 24.7 Å². The van der Waals surface area contributed by atoms with Crippen molar-refractivity contribution >= 4 is 40.2 Å². The van der Waals surface area contributed by atoms with Gasteiger partial charge in [0.25, 0.3) is 0 Å². The van der Waals surface area contributed by atoms with Crippen LogP contribution in [-0.2, 0) is 0 Å². The van der Waals surface area contributed by atoms with Crippen molar-refractivity contribution in [3.8, 4) is 0 Å². The SMILES string of the molecule is CCN1CCCC(C2CCN(c3cnc4c(C)nn([C@H](C)c5ccc(Cl)cc5Cl)c4n3)CC2C)C1. The number of nitrogens with zero attached hydrogens (tertiary/aromatic N) is 6. The number of anilines is 1. The molecule has 4 atom stereocenters. The number of piperidine rings is 2. The van der Waals surface area contributed by atoms with Crippen LogP contribution in [0.25, 0.3) is 11.2 Å². The molecule has 0 N–H and O–H groups in total. The normalized spacial score (nSPS) is 24.7. The number of rotatable bonds is 5. The highest BCUT2D eigenvalue weighted by molar-refractivity contribution is 6.35. The standard InChI is InChI=1S/C27H36Cl2N6/c1-5-33-11-6-7-20(16-33)22-10-12-34(15-17(22)2)25-14-30-26-18(3)32-35(27(26)31-25)19(4)23-9-8-21(28)13-24(23)29/h8-9,13-14,17,19-20,22H,5-7,10-12,15-16H2,1-4H3/t17?,19-,20?,22?/m1/s1. The van der Waals surface area contributed by atoms with Gasteiger partial charge in [-0.25, -0.2) is 14.6 Å². The zero-order valence-electron chi connectivity index (χ0n) is 21.2. The molecule has 4 heterocycles. The maximum atomic E-state index is 6.52. The molecule has 2 aliphatic rings. The van der Waals surface area contributed by atoms with Crippen LogP contribution in [0.3, 0.4) is 0 Å². The smallest absolute Gasteiger partial charge is 0.179 e. The van der Waals surface area contributed by atoms with Crippen LogP contribution in [0.5, 0.6) is 0 Å². The van der Waals surface area contributed by atoms with E-state index in [1.807, 2.05) is 29.9 Å². The van der Waals surface area contributed by atoms with Crippen LogP contribution in [0.1, 0.15) is 57.3 Å². The molecule has 0 aliphatic carbocycles. The van der Waals surface area contributed by atoms with E-state index in [1.165, 1.54) is 38.9 Å². The minimum absolute atomic E-state index is 0.0852. The Hall–Kier alpha value is -1.89. The molecule has 2 fully saturated rings. The van der Waals surface area contributed by atoms with Gasteiger partial charge < -0.3 is 9.80 Å². The topological polar surface area (TPSA) is 50.1 Å². The van der Waals surface area contributed by atoms with Crippen LogP contribution in [0.15, 0.2) is 24.4 Å². The molecule has 2 aromatic heterocycles. The third-order valence-corrected chi connectivity index (χ3v) is 8.79. The Balaban J connectivity index is 1.38. The van der Waals surface area contributed by atoms with E-state index in [4.69, 9.17) is 38.3 Å². The average Bonchev–Trinajstić information content (AvgIpc) is 3.19. The van der Waals surface area contributed by atoms with Crippen molar-refractivity contribution < 1.29 is 0 Å². The summed E-state index contributed by atoms with van der Waals surface area (Å²) in [7, 11) is 0. The Labute approximate surface area is 218 Å². The molecular formula is C27H36Cl2N6. The lowest BCUT2D eigenvalue weighted by Crippen LogP contribution is -2.46. The third-order valence-electron chi connectivity index (χ3n) is 8.23. The summed E-state index contributed by atoms with van der Waals surface area (Å²) in [6.07, 6.45) is 5.86. The minimum Gasteiger partial charge on any atom is -0.355 e. The first kappa shape index (κ1) is 24.8. The second kappa shape index (κ2) is 10.2. The van der Waals surface area contributed by atoms with Gasteiger partial charge in [-0.3, -0.25) is 0 Å². The van der Waals surface area contributed by atoms with Crippen molar-refractivity contribution in [3.05, 3.63) is 45.7 Å². The van der Waals surface area contributed by atoms with Gasteiger partial charge >= 0.3 is 0 Å². The fourth-order valence-electron chi connectivity index (χ4n) is 6.24. The molecule has 0 saturated carbocycles. The summed E-state index contributed by atoms with van der Waals surface area (Å²) in [5.74, 6) is 3.19. The van der Waals surface area contributed by atoms with Gasteiger partial charge in [0.1, 0.15) is 11.3 Å². The van der Waals surface area contributed by atoms with Crippen molar-refractivity contribution in [1.29, 1.82) is 0 Å². The lowest BCUT2D eigenvalue weighted by Gasteiger charge is -2.44. The molecule has 0 bridgehead atoms. The maximum Gasteiger partial charge on any atom is 0.179 e. The predicted molar refractivity (Wildman–Crippen MR) is 145 cm³/mol. The number of hydrogen-bond acceptors (Lipinski definition) is 5. The maximum absolute atomic E-state index is 6.52. The highest BCUT2D eigenvalue weighted by Crippen LogP contribution is 2.37. The van der Waals surface area contributed by atoms with E-state index in [0.29, 0.717) is 16.0 Å². The van der Waals surface area contributed by atoms with Gasteiger partial charge in [-0.1, -0.05) is 43.1 Å². The molecule has 3 aromatic rings. The number of hydrogen-bond donors (Lipinski definition) is 0. The van der Waals surface area contributed by atoms with Crippen LogP contribution in [0.4, 0.5) is 5.82 Å². The van der Waals surface area contributed by atoms with Crippen LogP contribution in [-0.4, -0.2) is 57.4 Å². The summed E-state index contributed by atoms with van der Waals surface area (Å²) in [6.45, 7) is 14.6. The summed E-state index contributed by atoms with van der Waals surface area (Å²) in [6, 6.07) is 5.53. The van der Waals surface area contributed by atoms with Crippen molar-refractivity contribution in [3.63, 3.8) is 0 Å². The van der Waals surface area contributed by atoms with E-state index in [0.717, 1.165) is 53.2 Å². The zero-order valence-corrected chi connectivity index (χ0v) is 22.7. The van der Waals surface area contributed by atoms with Gasteiger partial charge in [0, 0.05) is 29.7 Å². The molecule has 35 heavy (non-hydrogen) atoms. The lowest BCUT2D eigenvalue weighted by atomic mass is 9.74. The highest BCUT2D eigenvalue weighted by Gasteiger charge is 2.35. The summed E-state index contributed by atoms with van der Waals surface area (Å²) < 4.78 is 1.95. The quantitative estimate of drug-likeness (QED) is 0.402. The van der Waals surface area contributed by atoms with Gasteiger partial charge in [0.15, 0.2) is 5.65 Å². The molecule has 188 valence electrons. The average molecular weight is 516 g/mol. The number of halogens is 2. The molecule has 1 aromatic carbocycles. The largest absolute Gasteiger partial charge is 0.355 e. The van der Waals surface area contributed by atoms with Crippen LogP contribution in [0.2, 0.25) is 10.0 Å². The third kappa shape index (κ3) is 4.90. The molecular weight excluding hydrogens is 479 g/mol. The second-order valence-corrected chi connectivity index (χ2v) is 11.3. The monoisotopic (exact) mass is 514 g/mol. The number of benzene rings is 1. The van der Waals surface area contributed by atoms with Gasteiger partial charge in [-0.15, -0.1) is 0 Å². The van der Waals surface area contributed by atoms with Gasteiger partial charge in [0.2, 0.25) is 0 Å². The molecule has 2 saturated heterocycles. The molecule has 8 heteroatoms. The minimum atomic E-state index is -0.0852. The van der Waals surface area contributed by atoms with E-state index >= 15 is 0 Å². The van der Waals surface area contributed by atoms with E-state index in [-0.39, 0.29) is 6.04 Å². The molecule has 0 amide bonds. The van der Waals surface area contributed by atoms with E-state index in [9.17, 15) is 0 Å². The summed E-state index contributed by atoms with van der Waals surface area (Å²) in [5, 5.41) is 6.06. The van der Waals surface area contributed by atoms with Crippen molar-refractivity contribution in [2.75, 3.05) is 37.6 Å². The number of aromatic nitrogens is 4. The number of likely N-dealkylation sites (tertiary alicyclic amines) is 1. The highest BCUT2D eigenvalue weighted by atomic mass is 35.5. The Morgan fingerprint density at radius 1 is 1.14 bits per heavy atom. The summed E-state index contributed by atoms with van der Waals surface area (Å²) in [4.78, 5) is 14.9. The summed E-state index contributed by atoms with van der Waals surface area (Å²) in [5.41, 5.74) is 3.49. The van der Waals surface area contributed by atoms with Crippen molar-refractivity contribution in [2.45, 2.75) is 53.0 Å². The first-order chi connectivity index (χ1) is 16.9. The summed E-state index contributed by atoms with van der Waals surface area (Å²) >= 11 is 12.6. The van der Waals surface area contributed by atoms with Gasteiger partial charge in [0.05, 0.1) is 17.9 Å². The Bertz CT molecular complexity index is 1190. The second-order valence-electron chi connectivity index (χ2n) is 10.4. The molecule has 3 unspecified atom stereocenters. The van der Waals surface area contributed by atoms with Gasteiger partial charge in [-0.05, 0) is 81.6 Å². The molecule has 5 rings (SSSR count). The Morgan fingerprint density at radius 2 is 1.97 bits per heavy atom.